The number of aromatic nitrogens is 3. The van der Waals surface area contributed by atoms with Crippen LogP contribution in [0.25, 0.3) is 11.3 Å². The van der Waals surface area contributed by atoms with Gasteiger partial charge in [0.05, 0.1) is 6.61 Å². The molecular formula is C17H21N3O3. The molecule has 0 fully saturated rings. The molecular weight excluding hydrogens is 294 g/mol. The number of nitrogens with zero attached hydrogens (tertiary/aromatic N) is 3. The molecule has 0 radical (unpaired) electrons. The lowest BCUT2D eigenvalue weighted by molar-refractivity contribution is -0.144. The number of ether oxygens (including phenoxy) is 1. The Kier molecular flexibility index (Phi) is 5.62. The summed E-state index contributed by atoms with van der Waals surface area (Å²) in [5.74, 6) is -0.107. The van der Waals surface area contributed by atoms with Crippen LogP contribution in [0.3, 0.4) is 0 Å². The van der Waals surface area contributed by atoms with E-state index in [0.29, 0.717) is 18.2 Å². The zero-order valence-corrected chi connectivity index (χ0v) is 13.7. The minimum atomic E-state index is -0.386. The highest BCUT2D eigenvalue weighted by Gasteiger charge is 2.20. The van der Waals surface area contributed by atoms with Crippen molar-refractivity contribution in [2.24, 2.45) is 5.92 Å². The van der Waals surface area contributed by atoms with Crippen molar-refractivity contribution in [1.82, 2.24) is 15.0 Å². The van der Waals surface area contributed by atoms with E-state index in [9.17, 15) is 9.59 Å². The van der Waals surface area contributed by atoms with Crippen LogP contribution in [0.15, 0.2) is 30.3 Å². The first-order valence-corrected chi connectivity index (χ1v) is 7.64. The van der Waals surface area contributed by atoms with Gasteiger partial charge in [0.15, 0.2) is 11.5 Å². The molecule has 1 aromatic heterocycles. The number of benzene rings is 1. The second kappa shape index (κ2) is 7.67. The van der Waals surface area contributed by atoms with Crippen molar-refractivity contribution in [2.45, 2.75) is 33.7 Å². The molecule has 6 nitrogen and oxygen atoms in total. The van der Waals surface area contributed by atoms with Crippen molar-refractivity contribution < 1.29 is 14.3 Å². The van der Waals surface area contributed by atoms with Crippen molar-refractivity contribution in [3.63, 3.8) is 0 Å². The van der Waals surface area contributed by atoms with E-state index in [-0.39, 0.29) is 24.0 Å². The summed E-state index contributed by atoms with van der Waals surface area (Å²) in [5, 5.41) is 7.85. The van der Waals surface area contributed by atoms with E-state index < -0.39 is 0 Å². The molecule has 2 rings (SSSR count). The molecule has 0 aliphatic rings. The SMILES string of the molecule is CC(=O)c1nnn(CC(=O)OCCC(C)C)c1-c1ccccc1. The summed E-state index contributed by atoms with van der Waals surface area (Å²) in [5.41, 5.74) is 1.59. The fourth-order valence-electron chi connectivity index (χ4n) is 2.12. The maximum Gasteiger partial charge on any atom is 0.327 e. The molecule has 0 aliphatic heterocycles. The molecule has 122 valence electrons. The number of esters is 1. The first-order chi connectivity index (χ1) is 11.0. The van der Waals surface area contributed by atoms with Crippen molar-refractivity contribution in [2.75, 3.05) is 6.61 Å². The third-order valence-corrected chi connectivity index (χ3v) is 3.35. The van der Waals surface area contributed by atoms with E-state index in [0.717, 1.165) is 12.0 Å². The summed E-state index contributed by atoms with van der Waals surface area (Å²) in [7, 11) is 0. The zero-order chi connectivity index (χ0) is 16.8. The van der Waals surface area contributed by atoms with Gasteiger partial charge in [0.2, 0.25) is 0 Å². The number of ketones is 1. The van der Waals surface area contributed by atoms with Crippen LogP contribution in [0.5, 0.6) is 0 Å². The van der Waals surface area contributed by atoms with Gasteiger partial charge in [0.1, 0.15) is 12.2 Å². The van der Waals surface area contributed by atoms with Gasteiger partial charge in [0.25, 0.3) is 0 Å². The van der Waals surface area contributed by atoms with Gasteiger partial charge < -0.3 is 4.74 Å². The highest BCUT2D eigenvalue weighted by Crippen LogP contribution is 2.22. The normalized spacial score (nSPS) is 10.8. The van der Waals surface area contributed by atoms with E-state index >= 15 is 0 Å². The first-order valence-electron chi connectivity index (χ1n) is 7.64. The second-order valence-electron chi connectivity index (χ2n) is 5.77. The summed E-state index contributed by atoms with van der Waals surface area (Å²) < 4.78 is 6.63. The lowest BCUT2D eigenvalue weighted by Gasteiger charge is -2.09. The smallest absolute Gasteiger partial charge is 0.327 e. The number of hydrogen-bond acceptors (Lipinski definition) is 5. The van der Waals surface area contributed by atoms with Gasteiger partial charge in [-0.15, -0.1) is 5.10 Å². The molecule has 1 aromatic carbocycles. The molecule has 0 saturated heterocycles. The molecule has 0 N–H and O–H groups in total. The van der Waals surface area contributed by atoms with Crippen LogP contribution in [-0.2, 0) is 16.1 Å². The van der Waals surface area contributed by atoms with Gasteiger partial charge in [-0.2, -0.15) is 0 Å². The van der Waals surface area contributed by atoms with E-state index in [4.69, 9.17) is 4.74 Å². The average molecular weight is 315 g/mol. The van der Waals surface area contributed by atoms with Gasteiger partial charge >= 0.3 is 5.97 Å². The Morgan fingerprint density at radius 2 is 1.91 bits per heavy atom. The van der Waals surface area contributed by atoms with Crippen LogP contribution < -0.4 is 0 Å². The largest absolute Gasteiger partial charge is 0.464 e. The highest BCUT2D eigenvalue weighted by atomic mass is 16.5. The van der Waals surface area contributed by atoms with Gasteiger partial charge in [0, 0.05) is 12.5 Å². The van der Waals surface area contributed by atoms with E-state index in [1.165, 1.54) is 11.6 Å². The van der Waals surface area contributed by atoms with Crippen molar-refractivity contribution >= 4 is 11.8 Å². The Morgan fingerprint density at radius 3 is 2.52 bits per heavy atom. The Labute approximate surface area is 135 Å². The van der Waals surface area contributed by atoms with Crippen LogP contribution in [0.2, 0.25) is 0 Å². The fourth-order valence-corrected chi connectivity index (χ4v) is 2.12. The van der Waals surface area contributed by atoms with Crippen LogP contribution >= 0.6 is 0 Å². The predicted molar refractivity (Wildman–Crippen MR) is 85.9 cm³/mol. The van der Waals surface area contributed by atoms with Crippen molar-refractivity contribution in [3.8, 4) is 11.3 Å². The molecule has 0 bridgehead atoms. The standard InChI is InChI=1S/C17H21N3O3/c1-12(2)9-10-23-15(22)11-20-17(14-7-5-4-6-8-14)16(13(3)21)18-19-20/h4-8,12H,9-11H2,1-3H3. The molecule has 0 saturated carbocycles. The van der Waals surface area contributed by atoms with Gasteiger partial charge in [-0.05, 0) is 12.3 Å². The molecule has 1 heterocycles. The number of Topliss-reactive ketones (excluding diaryl/α,β-unsaturated/α-hetero) is 1. The Balaban J connectivity index is 2.19. The Bertz CT molecular complexity index is 678. The summed E-state index contributed by atoms with van der Waals surface area (Å²) in [6, 6.07) is 9.30. The molecule has 0 spiro atoms. The maximum atomic E-state index is 12.0. The monoisotopic (exact) mass is 315 g/mol. The lowest BCUT2D eigenvalue weighted by atomic mass is 10.1. The van der Waals surface area contributed by atoms with E-state index in [2.05, 4.69) is 24.2 Å². The molecule has 0 aliphatic carbocycles. The summed E-state index contributed by atoms with van der Waals surface area (Å²) in [6.07, 6.45) is 0.813. The third kappa shape index (κ3) is 4.48. The average Bonchev–Trinajstić information content (AvgIpc) is 2.91. The fraction of sp³-hybridized carbons (Fsp3) is 0.412. The minimum Gasteiger partial charge on any atom is -0.464 e. The topological polar surface area (TPSA) is 74.1 Å². The van der Waals surface area contributed by atoms with Gasteiger partial charge in [-0.3, -0.25) is 9.59 Å². The van der Waals surface area contributed by atoms with Crippen LogP contribution in [0.4, 0.5) is 0 Å². The molecule has 0 unspecified atom stereocenters. The van der Waals surface area contributed by atoms with Crippen molar-refractivity contribution in [3.05, 3.63) is 36.0 Å². The predicted octanol–water partition coefficient (Wildman–Crippen LogP) is 2.74. The quantitative estimate of drug-likeness (QED) is 0.580. The maximum absolute atomic E-state index is 12.0. The highest BCUT2D eigenvalue weighted by molar-refractivity contribution is 5.98. The Morgan fingerprint density at radius 1 is 1.22 bits per heavy atom. The van der Waals surface area contributed by atoms with E-state index in [1.807, 2.05) is 30.3 Å². The van der Waals surface area contributed by atoms with E-state index in [1.54, 1.807) is 0 Å². The van der Waals surface area contributed by atoms with Gasteiger partial charge in [-0.1, -0.05) is 49.4 Å². The van der Waals surface area contributed by atoms with Crippen LogP contribution in [0, 0.1) is 5.92 Å². The number of hydrogen-bond donors (Lipinski definition) is 0. The third-order valence-electron chi connectivity index (χ3n) is 3.35. The lowest BCUT2D eigenvalue weighted by Crippen LogP contribution is -2.17. The van der Waals surface area contributed by atoms with Crippen LogP contribution in [0.1, 0.15) is 37.7 Å². The van der Waals surface area contributed by atoms with Crippen molar-refractivity contribution in [1.29, 1.82) is 0 Å². The molecule has 0 amide bonds. The number of carbonyl (C=O) groups excluding carboxylic acids is 2. The molecule has 0 atom stereocenters. The summed E-state index contributed by atoms with van der Waals surface area (Å²) in [6.45, 7) is 5.88. The summed E-state index contributed by atoms with van der Waals surface area (Å²) in [4.78, 5) is 23.7. The van der Waals surface area contributed by atoms with Gasteiger partial charge in [-0.25, -0.2) is 4.68 Å². The zero-order valence-electron chi connectivity index (χ0n) is 13.7. The molecule has 23 heavy (non-hydrogen) atoms. The first kappa shape index (κ1) is 16.9. The number of rotatable bonds is 7. The summed E-state index contributed by atoms with van der Waals surface area (Å²) >= 11 is 0. The Hall–Kier alpha value is -2.50. The second-order valence-corrected chi connectivity index (χ2v) is 5.77. The molecule has 2 aromatic rings. The minimum absolute atomic E-state index is 0.0669. The molecule has 6 heteroatoms. The van der Waals surface area contributed by atoms with Crippen LogP contribution in [-0.4, -0.2) is 33.4 Å². The number of carbonyl (C=O) groups is 2.